The number of phenols is 1. The number of aromatic hydroxyl groups is 1. The van der Waals surface area contributed by atoms with Crippen LogP contribution < -0.4 is 44.8 Å². The number of Topliss-reactive ketones (excluding diaryl/α,β-unsaturated/α-hetero) is 3. The van der Waals surface area contributed by atoms with Gasteiger partial charge in [-0.3, -0.25) is 19.2 Å². The van der Waals surface area contributed by atoms with Crippen LogP contribution in [0.25, 0.3) is 18.2 Å². The van der Waals surface area contributed by atoms with E-state index >= 15 is 0 Å². The molecule has 0 bridgehead atoms. The van der Waals surface area contributed by atoms with Crippen molar-refractivity contribution in [2.75, 3.05) is 20.0 Å². The maximum absolute atomic E-state index is 11.5. The Morgan fingerprint density at radius 2 is 1.00 bits per heavy atom. The Balaban J connectivity index is 0.000000216. The van der Waals surface area contributed by atoms with Gasteiger partial charge >= 0.3 is 35.5 Å². The number of hydrogen-bond donors (Lipinski definition) is 3. The maximum atomic E-state index is 11.5. The van der Waals surface area contributed by atoms with Crippen LogP contribution in [0.3, 0.4) is 0 Å². The number of allylic oxidation sites excluding steroid dienone is 3. The molecule has 13 rings (SSSR count). The summed E-state index contributed by atoms with van der Waals surface area (Å²) < 4.78 is 10.3. The average Bonchev–Trinajstić information content (AvgIpc) is 3.30. The maximum Gasteiger partial charge on any atom is 1.00 e. The van der Waals surface area contributed by atoms with E-state index in [0.29, 0.717) is 30.8 Å². The second kappa shape index (κ2) is 37.2. The smallest absolute Gasteiger partial charge is 0.870 e. The Bertz CT molecular complexity index is 3320. The Morgan fingerprint density at radius 3 is 1.52 bits per heavy atom. The SMILES string of the molecule is C.COc1ccc2c(c1)C(=O)CCC2.COc1cccc2c1CCCC2=O.Cc1ccc2c(c1)C(=O)CCC2.Cc1cccc2c1CCC=C2.Cc1cccc2c1CCC=C2.Nc1ccc(CCCC(=O)O)cc1.Oc1cccc2c1CCC=C2.[Na+].[OH-]. The van der Waals surface area contributed by atoms with Crippen LogP contribution in [0.5, 0.6) is 17.2 Å². The first-order valence-corrected chi connectivity index (χ1v) is 29.8. The van der Waals surface area contributed by atoms with E-state index in [1.54, 1.807) is 20.3 Å². The Hall–Kier alpha value is -7.60. The summed E-state index contributed by atoms with van der Waals surface area (Å²) in [5.41, 5.74) is 25.7. The first kappa shape index (κ1) is 71.9. The molecule has 6 aliphatic carbocycles. The predicted octanol–water partition coefficient (Wildman–Crippen LogP) is 14.3. The monoisotopic (exact) mass is 1180 g/mol. The third-order valence-electron chi connectivity index (χ3n) is 15.9. The number of nitrogens with two attached hydrogens (primary N) is 1. The number of hydrogen-bond acceptors (Lipinski definition) is 9. The fourth-order valence-corrected chi connectivity index (χ4v) is 11.2. The van der Waals surface area contributed by atoms with Gasteiger partial charge in [0.2, 0.25) is 0 Å². The number of aliphatic carboxylic acids is 1. The number of benzene rings is 7. The number of ether oxygens (including phenoxy) is 2. The van der Waals surface area contributed by atoms with E-state index in [9.17, 15) is 24.3 Å². The number of carboxylic acid groups (broad SMARTS) is 1. The van der Waals surface area contributed by atoms with Crippen LogP contribution in [0, 0.1) is 20.8 Å². The first-order chi connectivity index (χ1) is 40.7. The quantitative estimate of drug-likeness (QED) is 0.107. The number of nitrogen functional groups attached to an aromatic ring is 1. The van der Waals surface area contributed by atoms with Crippen molar-refractivity contribution in [3.05, 3.63) is 241 Å². The normalized spacial score (nSPS) is 13.8. The molecule has 0 spiro atoms. The van der Waals surface area contributed by atoms with E-state index in [4.69, 9.17) is 20.3 Å². The number of carboxylic acids is 1. The molecular weight excluding hydrogens is 1090 g/mol. The Morgan fingerprint density at radius 1 is 0.517 bits per heavy atom. The predicted molar refractivity (Wildman–Crippen MR) is 352 cm³/mol. The Labute approximate surface area is 539 Å². The number of phenolic OH excluding ortho intramolecular Hbond substituents is 1. The molecule has 87 heavy (non-hydrogen) atoms. The van der Waals surface area contributed by atoms with Gasteiger partial charge in [-0.1, -0.05) is 140 Å². The number of anilines is 1. The van der Waals surface area contributed by atoms with Crippen LogP contribution >= 0.6 is 0 Å². The fourth-order valence-electron chi connectivity index (χ4n) is 11.2. The van der Waals surface area contributed by atoms with Gasteiger partial charge in [0.05, 0.1) is 14.2 Å². The summed E-state index contributed by atoms with van der Waals surface area (Å²) >= 11 is 0. The first-order valence-electron chi connectivity index (χ1n) is 29.8. The topological polar surface area (TPSA) is 183 Å². The summed E-state index contributed by atoms with van der Waals surface area (Å²) in [6.07, 6.45) is 29.8. The van der Waals surface area contributed by atoms with Crippen molar-refractivity contribution < 1.29 is 73.9 Å². The number of methoxy groups -OCH3 is 2. The molecule has 0 fully saturated rings. The molecule has 0 saturated carbocycles. The number of fused-ring (bicyclic) bond motifs is 6. The van der Waals surface area contributed by atoms with Gasteiger partial charge in [0.1, 0.15) is 17.2 Å². The molecule has 7 aromatic rings. The molecule has 0 saturated heterocycles. The zero-order chi connectivity index (χ0) is 59.8. The summed E-state index contributed by atoms with van der Waals surface area (Å²) in [5.74, 6) is 2.14. The van der Waals surface area contributed by atoms with Gasteiger partial charge in [-0.15, -0.1) is 0 Å². The van der Waals surface area contributed by atoms with E-state index in [-0.39, 0.29) is 60.4 Å². The number of carbonyl (C=O) groups excluding carboxylic acids is 3. The summed E-state index contributed by atoms with van der Waals surface area (Å²) in [6, 6.07) is 43.8. The second-order valence-electron chi connectivity index (χ2n) is 21.9. The van der Waals surface area contributed by atoms with Gasteiger partial charge in [-0.25, -0.2) is 0 Å². The van der Waals surface area contributed by atoms with Crippen molar-refractivity contribution in [1.29, 1.82) is 0 Å². The Kier molecular flexibility index (Phi) is 30.7. The molecule has 0 heterocycles. The number of aryl methyl sites for hydroxylation is 6. The number of carbonyl (C=O) groups is 4. The molecule has 452 valence electrons. The largest absolute Gasteiger partial charge is 1.00 e. The molecule has 10 nitrogen and oxygen atoms in total. The van der Waals surface area contributed by atoms with E-state index in [2.05, 4.69) is 98.8 Å². The van der Waals surface area contributed by atoms with Crippen LogP contribution in [-0.2, 0) is 49.7 Å². The van der Waals surface area contributed by atoms with Crippen molar-refractivity contribution in [2.24, 2.45) is 0 Å². The summed E-state index contributed by atoms with van der Waals surface area (Å²) in [7, 11) is 3.27. The second-order valence-corrected chi connectivity index (χ2v) is 21.9. The molecule has 0 aliphatic heterocycles. The van der Waals surface area contributed by atoms with Gasteiger partial charge in [0, 0.05) is 59.2 Å². The molecule has 0 atom stereocenters. The van der Waals surface area contributed by atoms with Crippen LogP contribution in [0.4, 0.5) is 5.69 Å². The van der Waals surface area contributed by atoms with Crippen molar-refractivity contribution in [1.82, 2.24) is 0 Å². The average molecular weight is 1180 g/mol. The van der Waals surface area contributed by atoms with Crippen LogP contribution in [0.15, 0.2) is 152 Å². The summed E-state index contributed by atoms with van der Waals surface area (Å²) in [5, 5.41) is 17.8. The van der Waals surface area contributed by atoms with Gasteiger partial charge in [-0.05, 0) is 209 Å². The van der Waals surface area contributed by atoms with Crippen molar-refractivity contribution in [3.63, 3.8) is 0 Å². The number of ketones is 3. The van der Waals surface area contributed by atoms with Gasteiger partial charge in [-0.2, -0.15) is 0 Å². The van der Waals surface area contributed by atoms with Gasteiger partial charge in [0.15, 0.2) is 17.3 Å². The molecule has 11 heteroatoms. The molecule has 0 unspecified atom stereocenters. The van der Waals surface area contributed by atoms with E-state index < -0.39 is 5.97 Å². The minimum absolute atomic E-state index is 0. The van der Waals surface area contributed by atoms with Gasteiger partial charge < -0.3 is 30.9 Å². The molecule has 0 amide bonds. The zero-order valence-electron chi connectivity index (χ0n) is 51.3. The van der Waals surface area contributed by atoms with E-state index in [1.165, 1.54) is 70.2 Å². The molecule has 7 aromatic carbocycles. The van der Waals surface area contributed by atoms with Crippen molar-refractivity contribution in [3.8, 4) is 17.2 Å². The molecule has 0 aromatic heterocycles. The zero-order valence-corrected chi connectivity index (χ0v) is 53.3. The van der Waals surface area contributed by atoms with Gasteiger partial charge in [0.25, 0.3) is 0 Å². The summed E-state index contributed by atoms with van der Waals surface area (Å²) in [4.78, 5) is 44.7. The molecule has 6 aliphatic rings. The van der Waals surface area contributed by atoms with E-state index in [1.807, 2.05) is 85.8 Å². The standard InChI is InChI=1S/2C11H12O2.C11H12O.2C11H12.C10H13NO2.C10H10O.CH4.Na.H2O/c1-13-11-7-3-4-8-9(11)5-2-6-10(8)12;1-13-9-6-5-8-3-2-4-11(12)10(8)7-9;1-8-5-6-9-3-2-4-11(12)10(9)7-8;2*1-9-5-4-7-10-6-2-3-8-11(9)10;11-9-6-4-8(5-7-9)2-1-3-10(12)13;11-10-7-3-5-8-4-1-2-6-9(8)10;;;/h3-4,7H,2,5-6H2,1H3;5-7H,2-4H2,1H3;5-7H,2-4H2,1H3;2*2,4-7H,3,8H2,1H3;4-7H,1-3,11H2,(H,12,13);1,3-5,7,11H,2,6H2;1H4;;1H2/q;;;;;;;;+1;/p-1. The minimum atomic E-state index is -0.740. The molecular formula is C76H88NNaO9. The van der Waals surface area contributed by atoms with Crippen molar-refractivity contribution in [2.45, 2.75) is 144 Å². The number of rotatable bonds is 6. The molecule has 0 radical (unpaired) electrons. The summed E-state index contributed by atoms with van der Waals surface area (Å²) in [6.45, 7) is 6.41. The third-order valence-corrected chi connectivity index (χ3v) is 15.9. The van der Waals surface area contributed by atoms with Crippen LogP contribution in [0.2, 0.25) is 0 Å². The van der Waals surface area contributed by atoms with E-state index in [0.717, 1.165) is 126 Å². The third kappa shape index (κ3) is 21.6. The molecule has 5 N–H and O–H groups in total. The fraction of sp³-hybridized carbons (Fsp3) is 0.316. The van der Waals surface area contributed by atoms with Crippen molar-refractivity contribution >= 4 is 47.2 Å². The minimum Gasteiger partial charge on any atom is -0.870 e. The van der Waals surface area contributed by atoms with Crippen LogP contribution in [0.1, 0.15) is 181 Å². The van der Waals surface area contributed by atoms with Crippen LogP contribution in [-0.4, -0.2) is 53.2 Å².